The van der Waals surface area contributed by atoms with Gasteiger partial charge in [0.05, 0.1) is 22.3 Å². The second kappa shape index (κ2) is 7.87. The van der Waals surface area contributed by atoms with Crippen molar-refractivity contribution >= 4 is 46.2 Å². The number of aromatic nitrogens is 1. The van der Waals surface area contributed by atoms with Crippen LogP contribution in [0.25, 0.3) is 0 Å². The molecule has 0 bridgehead atoms. The molecule has 3 aromatic rings. The van der Waals surface area contributed by atoms with Crippen LogP contribution in [0.5, 0.6) is 0 Å². The molecule has 0 unspecified atom stereocenters. The number of carbonyl (C=O) groups excluding carboxylic acids is 1. The zero-order valence-corrected chi connectivity index (χ0v) is 14.8. The number of pyridine rings is 1. The maximum absolute atomic E-state index is 12.4. The molecule has 0 aliphatic rings. The minimum atomic E-state index is -0.405. The molecule has 2 aromatic carbocycles. The van der Waals surface area contributed by atoms with Gasteiger partial charge in [-0.3, -0.25) is 9.78 Å². The van der Waals surface area contributed by atoms with Crippen molar-refractivity contribution in [2.45, 2.75) is 0 Å². The highest BCUT2D eigenvalue weighted by molar-refractivity contribution is 6.35. The molecule has 7 heteroatoms. The van der Waals surface area contributed by atoms with Gasteiger partial charge in [0.1, 0.15) is 5.69 Å². The lowest BCUT2D eigenvalue weighted by Crippen LogP contribution is -2.14. The third-order valence-corrected chi connectivity index (χ3v) is 4.04. The second-order valence-corrected chi connectivity index (χ2v) is 6.17. The largest absolute Gasteiger partial charge is 0.355 e. The van der Waals surface area contributed by atoms with Crippen molar-refractivity contribution in [3.05, 3.63) is 82.1 Å². The van der Waals surface area contributed by atoms with E-state index in [0.717, 1.165) is 5.69 Å². The molecule has 0 aliphatic carbocycles. The summed E-state index contributed by atoms with van der Waals surface area (Å²) >= 11 is 12.0. The molecular weight excluding hydrogens is 371 g/mol. The van der Waals surface area contributed by atoms with Crippen LogP contribution in [0.15, 0.2) is 60.8 Å². The normalized spacial score (nSPS) is 10.0. The van der Waals surface area contributed by atoms with Gasteiger partial charge in [-0.15, -0.1) is 0 Å². The van der Waals surface area contributed by atoms with Crippen molar-refractivity contribution in [3.63, 3.8) is 0 Å². The molecule has 0 atom stereocenters. The Bertz CT molecular complexity index is 997. The molecule has 26 heavy (non-hydrogen) atoms. The van der Waals surface area contributed by atoms with Gasteiger partial charge in [-0.25, -0.2) is 0 Å². The molecular formula is C19H12Cl2N4O. The number of halogens is 2. The van der Waals surface area contributed by atoms with Gasteiger partial charge < -0.3 is 10.6 Å². The predicted molar refractivity (Wildman–Crippen MR) is 103 cm³/mol. The molecule has 128 valence electrons. The van der Waals surface area contributed by atoms with Crippen molar-refractivity contribution in [1.29, 1.82) is 5.26 Å². The third-order valence-electron chi connectivity index (χ3n) is 3.47. The summed E-state index contributed by atoms with van der Waals surface area (Å²) in [5.41, 5.74) is 2.69. The maximum Gasteiger partial charge on any atom is 0.274 e. The zero-order valence-electron chi connectivity index (χ0n) is 13.3. The number of benzene rings is 2. The monoisotopic (exact) mass is 382 g/mol. The van der Waals surface area contributed by atoms with E-state index in [2.05, 4.69) is 21.7 Å². The number of nitrogens with one attached hydrogen (secondary N) is 2. The number of nitrogens with zero attached hydrogens (tertiary/aromatic N) is 2. The van der Waals surface area contributed by atoms with Gasteiger partial charge in [-0.1, -0.05) is 23.2 Å². The number of nitriles is 1. The van der Waals surface area contributed by atoms with E-state index in [1.54, 1.807) is 54.6 Å². The molecule has 2 N–H and O–H groups in total. The van der Waals surface area contributed by atoms with Gasteiger partial charge in [-0.05, 0) is 54.6 Å². The van der Waals surface area contributed by atoms with E-state index in [4.69, 9.17) is 28.5 Å². The summed E-state index contributed by atoms with van der Waals surface area (Å²) in [4.78, 5) is 16.5. The Balaban J connectivity index is 1.76. The Kier molecular flexibility index (Phi) is 5.37. The van der Waals surface area contributed by atoms with E-state index < -0.39 is 5.91 Å². The number of rotatable bonds is 4. The summed E-state index contributed by atoms with van der Waals surface area (Å²) in [6.07, 6.45) is 1.53. The smallest absolute Gasteiger partial charge is 0.274 e. The number of anilines is 3. The first-order valence-electron chi connectivity index (χ1n) is 7.55. The van der Waals surface area contributed by atoms with Gasteiger partial charge in [0.25, 0.3) is 5.91 Å². The zero-order chi connectivity index (χ0) is 18.5. The van der Waals surface area contributed by atoms with Gasteiger partial charge in [0.2, 0.25) is 0 Å². The van der Waals surface area contributed by atoms with Crippen LogP contribution in [0.3, 0.4) is 0 Å². The lowest BCUT2D eigenvalue weighted by Gasteiger charge is -2.10. The lowest BCUT2D eigenvalue weighted by molar-refractivity contribution is 0.102. The molecule has 0 radical (unpaired) electrons. The summed E-state index contributed by atoms with van der Waals surface area (Å²) in [5.74, 6) is -0.405. The summed E-state index contributed by atoms with van der Waals surface area (Å²) in [7, 11) is 0. The fraction of sp³-hybridized carbons (Fsp3) is 0. The highest BCUT2D eigenvalue weighted by Gasteiger charge is 2.11. The van der Waals surface area contributed by atoms with Crippen LogP contribution in [-0.4, -0.2) is 10.9 Å². The van der Waals surface area contributed by atoms with Crippen LogP contribution in [0.1, 0.15) is 16.1 Å². The van der Waals surface area contributed by atoms with Gasteiger partial charge in [-0.2, -0.15) is 5.26 Å². The topological polar surface area (TPSA) is 77.8 Å². The average molecular weight is 383 g/mol. The molecule has 0 saturated heterocycles. The fourth-order valence-electron chi connectivity index (χ4n) is 2.21. The standard InChI is InChI=1S/C19H12Cl2N4O/c20-13-3-6-16(21)17(9-13)25-19(26)18-10-15(7-8-23-18)24-14-4-1-12(11-22)2-5-14/h1-10H,(H,23,24)(H,25,26). The second-order valence-electron chi connectivity index (χ2n) is 5.32. The Morgan fingerprint density at radius 3 is 2.50 bits per heavy atom. The quantitative estimate of drug-likeness (QED) is 0.645. The van der Waals surface area contributed by atoms with Crippen LogP contribution in [0.4, 0.5) is 17.1 Å². The molecule has 3 rings (SSSR count). The van der Waals surface area contributed by atoms with Crippen LogP contribution < -0.4 is 10.6 Å². The molecule has 0 fully saturated rings. The highest BCUT2D eigenvalue weighted by atomic mass is 35.5. The van der Waals surface area contributed by atoms with Crippen LogP contribution >= 0.6 is 23.2 Å². The number of hydrogen-bond acceptors (Lipinski definition) is 4. The van der Waals surface area contributed by atoms with Gasteiger partial charge in [0, 0.05) is 22.6 Å². The van der Waals surface area contributed by atoms with E-state index in [-0.39, 0.29) is 5.69 Å². The summed E-state index contributed by atoms with van der Waals surface area (Å²) in [5, 5.41) is 15.5. The molecule has 0 saturated carbocycles. The molecule has 1 aromatic heterocycles. The van der Waals surface area contributed by atoms with E-state index in [9.17, 15) is 4.79 Å². The number of hydrogen-bond donors (Lipinski definition) is 2. The minimum absolute atomic E-state index is 0.222. The Morgan fingerprint density at radius 2 is 1.77 bits per heavy atom. The average Bonchev–Trinajstić information content (AvgIpc) is 2.65. The van der Waals surface area contributed by atoms with E-state index in [0.29, 0.717) is 27.0 Å². The Hall–Kier alpha value is -3.07. The first-order valence-corrected chi connectivity index (χ1v) is 8.30. The number of carbonyl (C=O) groups is 1. The highest BCUT2D eigenvalue weighted by Crippen LogP contribution is 2.26. The van der Waals surface area contributed by atoms with Crippen molar-refractivity contribution in [3.8, 4) is 6.07 Å². The maximum atomic E-state index is 12.4. The van der Waals surface area contributed by atoms with Crippen LogP contribution in [-0.2, 0) is 0 Å². The molecule has 1 amide bonds. The summed E-state index contributed by atoms with van der Waals surface area (Å²) in [6.45, 7) is 0. The summed E-state index contributed by atoms with van der Waals surface area (Å²) < 4.78 is 0. The first-order chi connectivity index (χ1) is 12.5. The lowest BCUT2D eigenvalue weighted by atomic mass is 10.2. The van der Waals surface area contributed by atoms with Crippen molar-refractivity contribution in [2.75, 3.05) is 10.6 Å². The van der Waals surface area contributed by atoms with Crippen molar-refractivity contribution < 1.29 is 4.79 Å². The molecule has 5 nitrogen and oxygen atoms in total. The van der Waals surface area contributed by atoms with Crippen molar-refractivity contribution in [2.24, 2.45) is 0 Å². The van der Waals surface area contributed by atoms with E-state index >= 15 is 0 Å². The SMILES string of the molecule is N#Cc1ccc(Nc2ccnc(C(=O)Nc3cc(Cl)ccc3Cl)c2)cc1. The number of amides is 1. The first kappa shape index (κ1) is 17.7. The van der Waals surface area contributed by atoms with Gasteiger partial charge in [0.15, 0.2) is 0 Å². The van der Waals surface area contributed by atoms with Gasteiger partial charge >= 0.3 is 0 Å². The predicted octanol–water partition coefficient (Wildman–Crippen LogP) is 5.26. The molecule has 0 spiro atoms. The Morgan fingerprint density at radius 1 is 1.00 bits per heavy atom. The minimum Gasteiger partial charge on any atom is -0.355 e. The fourth-order valence-corrected chi connectivity index (χ4v) is 2.54. The van der Waals surface area contributed by atoms with E-state index in [1.807, 2.05) is 0 Å². The van der Waals surface area contributed by atoms with Crippen LogP contribution in [0, 0.1) is 11.3 Å². The van der Waals surface area contributed by atoms with Crippen LogP contribution in [0.2, 0.25) is 10.0 Å². The Labute approximate surface area is 160 Å². The molecule has 0 aliphatic heterocycles. The third kappa shape index (κ3) is 4.31. The van der Waals surface area contributed by atoms with Crippen molar-refractivity contribution in [1.82, 2.24) is 4.98 Å². The molecule has 1 heterocycles. The van der Waals surface area contributed by atoms with E-state index in [1.165, 1.54) is 6.20 Å². The summed E-state index contributed by atoms with van der Waals surface area (Å²) in [6, 6.07) is 17.2.